The molecule has 0 saturated carbocycles. The van der Waals surface area contributed by atoms with Gasteiger partial charge in [-0.05, 0) is 43.5 Å². The summed E-state index contributed by atoms with van der Waals surface area (Å²) in [7, 11) is 3.51. The molecule has 1 heterocycles. The Morgan fingerprint density at radius 2 is 1.77 bits per heavy atom. The summed E-state index contributed by atoms with van der Waals surface area (Å²) in [6.07, 6.45) is 3.65. The van der Waals surface area contributed by atoms with Gasteiger partial charge in [0.25, 0.3) is 0 Å². The van der Waals surface area contributed by atoms with Gasteiger partial charge in [-0.1, -0.05) is 31.2 Å². The molecule has 0 bridgehead atoms. The Balaban J connectivity index is 1.88. The minimum absolute atomic E-state index is 0.0299. The maximum Gasteiger partial charge on any atom is 0.241 e. The first-order chi connectivity index (χ1) is 12.6. The number of nitrogens with zero attached hydrogens (tertiary/aromatic N) is 3. The van der Waals surface area contributed by atoms with E-state index >= 15 is 0 Å². The Labute approximate surface area is 157 Å². The lowest BCUT2D eigenvalue weighted by atomic mass is 10.1. The molecule has 26 heavy (non-hydrogen) atoms. The maximum atomic E-state index is 11.8. The molecule has 6 heteroatoms. The van der Waals surface area contributed by atoms with Gasteiger partial charge in [-0.2, -0.15) is 0 Å². The summed E-state index contributed by atoms with van der Waals surface area (Å²) in [5, 5.41) is 6.36. The molecule has 0 unspecified atom stereocenters. The van der Waals surface area contributed by atoms with Gasteiger partial charge in [0.05, 0.1) is 13.1 Å². The van der Waals surface area contributed by atoms with Crippen molar-refractivity contribution in [1.29, 1.82) is 0 Å². The molecule has 1 saturated heterocycles. The van der Waals surface area contributed by atoms with Crippen molar-refractivity contribution in [1.82, 2.24) is 20.4 Å². The average Bonchev–Trinajstić information content (AvgIpc) is 3.15. The standard InChI is InChI=1S/C20H33N5O/c1-4-11-21-20(23-15-19(26)24(2)3)22-14-17-7-9-18(10-8-17)16-25-12-5-6-13-25/h7-10H,4-6,11-16H2,1-3H3,(H2,21,22,23). The molecule has 0 radical (unpaired) electrons. The molecular weight excluding hydrogens is 326 g/mol. The number of likely N-dealkylation sites (tertiary alicyclic amines) is 1. The number of amides is 1. The van der Waals surface area contributed by atoms with Crippen LogP contribution in [0.15, 0.2) is 29.3 Å². The van der Waals surface area contributed by atoms with Crippen molar-refractivity contribution in [3.8, 4) is 0 Å². The minimum Gasteiger partial charge on any atom is -0.356 e. The van der Waals surface area contributed by atoms with Crippen LogP contribution in [0.4, 0.5) is 0 Å². The number of rotatable bonds is 8. The van der Waals surface area contributed by atoms with Crippen LogP contribution in [0, 0.1) is 0 Å². The van der Waals surface area contributed by atoms with E-state index in [2.05, 4.69) is 51.7 Å². The first-order valence-electron chi connectivity index (χ1n) is 9.61. The molecule has 1 aliphatic heterocycles. The van der Waals surface area contributed by atoms with E-state index in [1.54, 1.807) is 19.0 Å². The molecule has 1 fully saturated rings. The molecule has 1 amide bonds. The first kappa shape index (κ1) is 20.2. The number of likely N-dealkylation sites (N-methyl/N-ethyl adjacent to an activating group) is 1. The predicted molar refractivity (Wildman–Crippen MR) is 107 cm³/mol. The molecule has 2 N–H and O–H groups in total. The smallest absolute Gasteiger partial charge is 0.241 e. The number of carbonyl (C=O) groups excluding carboxylic acids is 1. The second-order valence-corrected chi connectivity index (χ2v) is 7.03. The highest BCUT2D eigenvalue weighted by molar-refractivity contribution is 5.86. The summed E-state index contributed by atoms with van der Waals surface area (Å²) in [6.45, 7) is 7.26. The Bertz CT molecular complexity index is 576. The van der Waals surface area contributed by atoms with Crippen LogP contribution < -0.4 is 10.6 Å². The summed E-state index contributed by atoms with van der Waals surface area (Å²) in [5.74, 6) is 0.713. The number of aliphatic imine (C=N–C) groups is 1. The van der Waals surface area contributed by atoms with Gasteiger partial charge in [-0.3, -0.25) is 9.69 Å². The Kier molecular flexibility index (Phi) is 8.41. The zero-order valence-corrected chi connectivity index (χ0v) is 16.4. The summed E-state index contributed by atoms with van der Waals surface area (Å²) >= 11 is 0. The lowest BCUT2D eigenvalue weighted by Crippen LogP contribution is -2.43. The molecule has 0 aliphatic carbocycles. The van der Waals surface area contributed by atoms with Gasteiger partial charge in [0.15, 0.2) is 5.96 Å². The fraction of sp³-hybridized carbons (Fsp3) is 0.600. The van der Waals surface area contributed by atoms with Crippen molar-refractivity contribution in [2.75, 3.05) is 40.3 Å². The Morgan fingerprint density at radius 3 is 2.38 bits per heavy atom. The maximum absolute atomic E-state index is 11.8. The highest BCUT2D eigenvalue weighted by Gasteiger charge is 2.11. The van der Waals surface area contributed by atoms with Crippen molar-refractivity contribution in [3.05, 3.63) is 35.4 Å². The summed E-state index contributed by atoms with van der Waals surface area (Å²) < 4.78 is 0. The lowest BCUT2D eigenvalue weighted by Gasteiger charge is -2.15. The normalized spacial score (nSPS) is 15.1. The third-order valence-corrected chi connectivity index (χ3v) is 4.50. The van der Waals surface area contributed by atoms with Crippen LogP contribution in [-0.2, 0) is 17.9 Å². The fourth-order valence-corrected chi connectivity index (χ4v) is 2.85. The largest absolute Gasteiger partial charge is 0.356 e. The fourth-order valence-electron chi connectivity index (χ4n) is 2.85. The molecule has 6 nitrogen and oxygen atoms in total. The minimum atomic E-state index is 0.0299. The van der Waals surface area contributed by atoms with Gasteiger partial charge in [0, 0.05) is 27.2 Å². The van der Waals surface area contributed by atoms with Crippen LogP contribution in [0.25, 0.3) is 0 Å². The van der Waals surface area contributed by atoms with Crippen LogP contribution >= 0.6 is 0 Å². The highest BCUT2D eigenvalue weighted by atomic mass is 16.2. The number of carbonyl (C=O) groups is 1. The first-order valence-corrected chi connectivity index (χ1v) is 9.61. The summed E-state index contributed by atoms with van der Waals surface area (Å²) in [6, 6.07) is 8.70. The molecule has 1 aromatic carbocycles. The third-order valence-electron chi connectivity index (χ3n) is 4.50. The molecule has 1 aliphatic rings. The van der Waals surface area contributed by atoms with E-state index < -0.39 is 0 Å². The van der Waals surface area contributed by atoms with Crippen molar-refractivity contribution in [2.45, 2.75) is 39.3 Å². The second kappa shape index (κ2) is 10.8. The van der Waals surface area contributed by atoms with Gasteiger partial charge < -0.3 is 15.5 Å². The van der Waals surface area contributed by atoms with E-state index in [4.69, 9.17) is 0 Å². The highest BCUT2D eigenvalue weighted by Crippen LogP contribution is 2.13. The van der Waals surface area contributed by atoms with Crippen LogP contribution in [0.5, 0.6) is 0 Å². The van der Waals surface area contributed by atoms with Crippen molar-refractivity contribution >= 4 is 11.9 Å². The molecule has 144 valence electrons. The topological polar surface area (TPSA) is 60.0 Å². The van der Waals surface area contributed by atoms with Gasteiger partial charge in [0.1, 0.15) is 0 Å². The lowest BCUT2D eigenvalue weighted by molar-refractivity contribution is -0.127. The van der Waals surface area contributed by atoms with E-state index in [-0.39, 0.29) is 12.5 Å². The van der Waals surface area contributed by atoms with Crippen molar-refractivity contribution < 1.29 is 4.79 Å². The SMILES string of the molecule is CCCNC(=NCc1ccc(CN2CCCC2)cc1)NCC(=O)N(C)C. The quantitative estimate of drug-likeness (QED) is 0.549. The second-order valence-electron chi connectivity index (χ2n) is 7.03. The number of hydrogen-bond acceptors (Lipinski definition) is 3. The number of nitrogens with one attached hydrogen (secondary N) is 2. The monoisotopic (exact) mass is 359 g/mol. The van der Waals surface area contributed by atoms with Crippen LogP contribution in [0.1, 0.15) is 37.3 Å². The van der Waals surface area contributed by atoms with E-state index in [0.29, 0.717) is 12.5 Å². The molecule has 2 rings (SSSR count). The summed E-state index contributed by atoms with van der Waals surface area (Å²) in [5.41, 5.74) is 2.53. The van der Waals surface area contributed by atoms with Gasteiger partial charge >= 0.3 is 0 Å². The summed E-state index contributed by atoms with van der Waals surface area (Å²) in [4.78, 5) is 20.4. The zero-order valence-electron chi connectivity index (χ0n) is 16.4. The van der Waals surface area contributed by atoms with Crippen molar-refractivity contribution in [3.63, 3.8) is 0 Å². The number of guanidine groups is 1. The van der Waals surface area contributed by atoms with Crippen LogP contribution in [-0.4, -0.2) is 61.9 Å². The Hall–Kier alpha value is -2.08. The molecule has 0 atom stereocenters. The number of benzene rings is 1. The van der Waals surface area contributed by atoms with Gasteiger partial charge in [-0.25, -0.2) is 4.99 Å². The molecular formula is C20H33N5O. The number of hydrogen-bond donors (Lipinski definition) is 2. The van der Waals surface area contributed by atoms with E-state index in [9.17, 15) is 4.79 Å². The van der Waals surface area contributed by atoms with E-state index in [0.717, 1.165) is 19.5 Å². The molecule has 0 aromatic heterocycles. The average molecular weight is 360 g/mol. The van der Waals surface area contributed by atoms with Gasteiger partial charge in [0.2, 0.25) is 5.91 Å². The Morgan fingerprint density at radius 1 is 1.12 bits per heavy atom. The third kappa shape index (κ3) is 7.04. The van der Waals surface area contributed by atoms with Crippen LogP contribution in [0.3, 0.4) is 0 Å². The van der Waals surface area contributed by atoms with E-state index in [1.807, 2.05) is 0 Å². The van der Waals surface area contributed by atoms with Gasteiger partial charge in [-0.15, -0.1) is 0 Å². The van der Waals surface area contributed by atoms with Crippen LogP contribution in [0.2, 0.25) is 0 Å². The van der Waals surface area contributed by atoms with E-state index in [1.165, 1.54) is 37.1 Å². The zero-order chi connectivity index (χ0) is 18.8. The van der Waals surface area contributed by atoms with Crippen molar-refractivity contribution in [2.24, 2.45) is 4.99 Å². The molecule has 0 spiro atoms. The predicted octanol–water partition coefficient (Wildman–Crippen LogP) is 1.82. The molecule has 1 aromatic rings.